The molecule has 4 aromatic rings. The number of sulfonamides is 1. The van der Waals surface area contributed by atoms with E-state index in [-0.39, 0.29) is 23.2 Å². The fourth-order valence-electron chi connectivity index (χ4n) is 2.61. The van der Waals surface area contributed by atoms with Crippen LogP contribution in [0.15, 0.2) is 75.5 Å². The zero-order valence-corrected chi connectivity index (χ0v) is 17.4. The molecule has 0 aliphatic heterocycles. The summed E-state index contributed by atoms with van der Waals surface area (Å²) in [6.45, 7) is 0.0826. The molecule has 2 heterocycles. The Morgan fingerprint density at radius 1 is 1.06 bits per heavy atom. The average Bonchev–Trinajstić information content (AvgIpc) is 3.45. The summed E-state index contributed by atoms with van der Waals surface area (Å²) in [5, 5.41) is 8.38. The summed E-state index contributed by atoms with van der Waals surface area (Å²) >= 11 is 1.33. The number of nitrogens with one attached hydrogen (secondary N) is 2. The number of aromatic nitrogens is 2. The van der Waals surface area contributed by atoms with Gasteiger partial charge in [-0.25, -0.2) is 12.8 Å². The summed E-state index contributed by atoms with van der Waals surface area (Å²) in [4.78, 5) is 16.7. The molecule has 8 nitrogen and oxygen atoms in total. The Kier molecular flexibility index (Phi) is 5.78. The lowest BCUT2D eigenvalue weighted by atomic mass is 10.2. The summed E-state index contributed by atoms with van der Waals surface area (Å²) in [6.07, 6.45) is 0. The third-order valence-corrected chi connectivity index (χ3v) is 6.40. The molecule has 0 fully saturated rings. The Morgan fingerprint density at radius 2 is 1.81 bits per heavy atom. The second-order valence-corrected chi connectivity index (χ2v) is 8.94. The zero-order chi connectivity index (χ0) is 21.8. The molecule has 2 N–H and O–H groups in total. The van der Waals surface area contributed by atoms with Gasteiger partial charge >= 0.3 is 0 Å². The third kappa shape index (κ3) is 4.95. The van der Waals surface area contributed by atoms with E-state index in [1.807, 2.05) is 5.38 Å². The van der Waals surface area contributed by atoms with Gasteiger partial charge in [-0.15, -0.1) is 11.3 Å². The van der Waals surface area contributed by atoms with Gasteiger partial charge in [0.2, 0.25) is 11.7 Å². The topological polar surface area (TPSA) is 114 Å². The maximum Gasteiger partial charge on any atom is 0.261 e. The number of benzene rings is 2. The van der Waals surface area contributed by atoms with Crippen molar-refractivity contribution in [3.05, 3.63) is 82.6 Å². The van der Waals surface area contributed by atoms with E-state index in [1.54, 1.807) is 36.4 Å². The summed E-state index contributed by atoms with van der Waals surface area (Å²) in [5.41, 5.74) is 0.921. The van der Waals surface area contributed by atoms with Gasteiger partial charge in [-0.1, -0.05) is 11.2 Å². The first-order chi connectivity index (χ1) is 14.9. The zero-order valence-electron chi connectivity index (χ0n) is 15.8. The highest BCUT2D eigenvalue weighted by atomic mass is 32.2. The van der Waals surface area contributed by atoms with E-state index >= 15 is 0 Å². The molecule has 0 saturated carbocycles. The normalized spacial score (nSPS) is 11.3. The minimum absolute atomic E-state index is 0.0506. The van der Waals surface area contributed by atoms with Crippen LogP contribution >= 0.6 is 11.3 Å². The number of thiophene rings is 1. The van der Waals surface area contributed by atoms with Crippen LogP contribution < -0.4 is 10.0 Å². The fourth-order valence-corrected chi connectivity index (χ4v) is 4.31. The summed E-state index contributed by atoms with van der Waals surface area (Å²) in [6, 6.07) is 14.4. The van der Waals surface area contributed by atoms with E-state index in [0.717, 1.165) is 12.1 Å². The predicted molar refractivity (Wildman–Crippen MR) is 112 cm³/mol. The SMILES string of the molecule is O=C(NCc1nc(-c2ccc(NS(=O)(=O)c3ccc(F)cc3)cc2)no1)c1cccs1. The molecule has 158 valence electrons. The monoisotopic (exact) mass is 458 g/mol. The van der Waals surface area contributed by atoms with Gasteiger partial charge < -0.3 is 9.84 Å². The first-order valence-electron chi connectivity index (χ1n) is 8.94. The highest BCUT2D eigenvalue weighted by molar-refractivity contribution is 7.92. The van der Waals surface area contributed by atoms with Crippen LogP contribution in [0.5, 0.6) is 0 Å². The Hall–Kier alpha value is -3.57. The van der Waals surface area contributed by atoms with Crippen LogP contribution in [0.2, 0.25) is 0 Å². The smallest absolute Gasteiger partial charge is 0.261 e. The molecule has 31 heavy (non-hydrogen) atoms. The maximum absolute atomic E-state index is 13.0. The summed E-state index contributed by atoms with van der Waals surface area (Å²) < 4.78 is 45.3. The largest absolute Gasteiger partial charge is 0.342 e. The second kappa shape index (κ2) is 8.66. The van der Waals surface area contributed by atoms with Crippen LogP contribution in [0.3, 0.4) is 0 Å². The van der Waals surface area contributed by atoms with Crippen molar-refractivity contribution in [1.29, 1.82) is 0 Å². The highest BCUT2D eigenvalue weighted by Gasteiger charge is 2.15. The summed E-state index contributed by atoms with van der Waals surface area (Å²) in [7, 11) is -3.84. The van der Waals surface area contributed by atoms with Crippen molar-refractivity contribution >= 4 is 33.0 Å². The van der Waals surface area contributed by atoms with E-state index in [0.29, 0.717) is 22.0 Å². The lowest BCUT2D eigenvalue weighted by molar-refractivity contribution is 0.0950. The quantitative estimate of drug-likeness (QED) is 0.437. The lowest BCUT2D eigenvalue weighted by Gasteiger charge is -2.08. The molecule has 4 rings (SSSR count). The average molecular weight is 458 g/mol. The van der Waals surface area contributed by atoms with Crippen LogP contribution in [0, 0.1) is 5.82 Å². The molecule has 0 bridgehead atoms. The van der Waals surface area contributed by atoms with Gasteiger partial charge in [0.25, 0.3) is 15.9 Å². The first-order valence-corrected chi connectivity index (χ1v) is 11.3. The van der Waals surface area contributed by atoms with Crippen LogP contribution in [-0.4, -0.2) is 24.5 Å². The summed E-state index contributed by atoms with van der Waals surface area (Å²) in [5.74, 6) is -0.212. The van der Waals surface area contributed by atoms with Gasteiger partial charge in [0.05, 0.1) is 16.3 Å². The van der Waals surface area contributed by atoms with E-state index in [1.165, 1.54) is 23.5 Å². The number of carbonyl (C=O) groups excluding carboxylic acids is 1. The maximum atomic E-state index is 13.0. The molecular formula is C20H15FN4O4S2. The molecular weight excluding hydrogens is 443 g/mol. The van der Waals surface area contributed by atoms with Gasteiger partial charge in [0, 0.05) is 11.3 Å². The van der Waals surface area contributed by atoms with E-state index in [9.17, 15) is 17.6 Å². The minimum atomic E-state index is -3.84. The molecule has 0 saturated heterocycles. The molecule has 0 atom stereocenters. The Morgan fingerprint density at radius 3 is 2.48 bits per heavy atom. The van der Waals surface area contributed by atoms with Gasteiger partial charge in [0.15, 0.2) is 0 Å². The predicted octanol–water partition coefficient (Wildman–Crippen LogP) is 3.67. The standard InChI is InChI=1S/C20H15FN4O4S2/c21-14-5-9-16(10-6-14)31(27,28)25-15-7-3-13(4-8-15)19-23-18(29-24-19)12-22-20(26)17-2-1-11-30-17/h1-11,25H,12H2,(H,22,26). The molecule has 0 spiro atoms. The Labute approximate surface area is 180 Å². The molecule has 0 aliphatic carbocycles. The molecule has 0 radical (unpaired) electrons. The van der Waals surface area contributed by atoms with Gasteiger partial charge in [-0.2, -0.15) is 4.98 Å². The molecule has 0 unspecified atom stereocenters. The number of hydrogen-bond acceptors (Lipinski definition) is 7. The number of hydrogen-bond donors (Lipinski definition) is 2. The molecule has 0 aliphatic rings. The number of halogens is 1. The highest BCUT2D eigenvalue weighted by Crippen LogP contribution is 2.21. The molecule has 1 amide bonds. The third-order valence-electron chi connectivity index (χ3n) is 4.13. The van der Waals surface area contributed by atoms with Crippen molar-refractivity contribution < 1.29 is 22.1 Å². The second-order valence-electron chi connectivity index (χ2n) is 6.31. The van der Waals surface area contributed by atoms with Crippen molar-refractivity contribution in [2.24, 2.45) is 0 Å². The van der Waals surface area contributed by atoms with Crippen molar-refractivity contribution in [2.75, 3.05) is 4.72 Å². The number of rotatable bonds is 7. The van der Waals surface area contributed by atoms with Crippen molar-refractivity contribution in [2.45, 2.75) is 11.4 Å². The van der Waals surface area contributed by atoms with Crippen LogP contribution in [-0.2, 0) is 16.6 Å². The van der Waals surface area contributed by atoms with Gasteiger partial charge in [0.1, 0.15) is 5.82 Å². The van der Waals surface area contributed by atoms with Crippen molar-refractivity contribution in [3.63, 3.8) is 0 Å². The van der Waals surface area contributed by atoms with Crippen molar-refractivity contribution in [3.8, 4) is 11.4 Å². The molecule has 2 aromatic carbocycles. The minimum Gasteiger partial charge on any atom is -0.342 e. The first kappa shape index (κ1) is 20.7. The van der Waals surface area contributed by atoms with E-state index < -0.39 is 15.8 Å². The van der Waals surface area contributed by atoms with E-state index in [4.69, 9.17) is 4.52 Å². The van der Waals surface area contributed by atoms with Crippen LogP contribution in [0.1, 0.15) is 15.6 Å². The van der Waals surface area contributed by atoms with Gasteiger partial charge in [-0.05, 0) is 60.0 Å². The fraction of sp³-hybridized carbons (Fsp3) is 0.0500. The number of nitrogens with zero attached hydrogens (tertiary/aromatic N) is 2. The van der Waals surface area contributed by atoms with Crippen molar-refractivity contribution in [1.82, 2.24) is 15.5 Å². The number of amides is 1. The lowest BCUT2D eigenvalue weighted by Crippen LogP contribution is -2.21. The Balaban J connectivity index is 1.40. The van der Waals surface area contributed by atoms with E-state index in [2.05, 4.69) is 20.2 Å². The van der Waals surface area contributed by atoms with Crippen LogP contribution in [0.25, 0.3) is 11.4 Å². The number of carbonyl (C=O) groups is 1. The molecule has 2 aromatic heterocycles. The molecule has 11 heteroatoms. The van der Waals surface area contributed by atoms with Crippen LogP contribution in [0.4, 0.5) is 10.1 Å². The number of anilines is 1. The van der Waals surface area contributed by atoms with Gasteiger partial charge in [-0.3, -0.25) is 9.52 Å². The Bertz CT molecular complexity index is 1290.